The van der Waals surface area contributed by atoms with Gasteiger partial charge in [0.1, 0.15) is 11.6 Å². The minimum atomic E-state index is -4.24. The van der Waals surface area contributed by atoms with E-state index >= 15 is 0 Å². The van der Waals surface area contributed by atoms with E-state index in [9.17, 15) is 18.0 Å². The van der Waals surface area contributed by atoms with E-state index in [4.69, 9.17) is 14.0 Å². The van der Waals surface area contributed by atoms with Crippen molar-refractivity contribution in [3.05, 3.63) is 0 Å². The van der Waals surface area contributed by atoms with Crippen LogP contribution in [0.15, 0.2) is 0 Å². The van der Waals surface area contributed by atoms with Crippen LogP contribution in [0, 0.1) is 0 Å². The molecule has 1 unspecified atom stereocenters. The summed E-state index contributed by atoms with van der Waals surface area (Å²) < 4.78 is 39.7. The normalized spacial score (nSPS) is 13.4. The Balaban J connectivity index is 4.69. The van der Waals surface area contributed by atoms with Gasteiger partial charge in [-0.25, -0.2) is 9.59 Å². The van der Waals surface area contributed by atoms with E-state index in [2.05, 4.69) is 5.32 Å². The number of carbonyl (C=O) groups is 2. The summed E-state index contributed by atoms with van der Waals surface area (Å²) in [4.78, 5) is 23.1. The second-order valence-electron chi connectivity index (χ2n) is 5.03. The van der Waals surface area contributed by atoms with Crippen LogP contribution >= 0.6 is 0 Å². The maximum Gasteiger partial charge on any atom is 0.408 e. The molecule has 0 radical (unpaired) electrons. The lowest BCUT2D eigenvalue weighted by Gasteiger charge is -2.22. The summed E-state index contributed by atoms with van der Waals surface area (Å²) in [5, 5.41) is 2.22. The van der Waals surface area contributed by atoms with Crippen LogP contribution < -0.4 is 5.32 Å². The lowest BCUT2D eigenvalue weighted by atomic mass is 10.2. The lowest BCUT2D eigenvalue weighted by Crippen LogP contribution is -2.45. The molecule has 0 aromatic heterocycles. The van der Waals surface area contributed by atoms with Crippen molar-refractivity contribution < 1.29 is 32.0 Å². The minimum absolute atomic E-state index is 0.0806. The molecule has 1 amide bonds. The molecule has 9 heteroatoms. The Hall–Kier alpha value is -1.35. The summed E-state index contributed by atoms with van der Waals surface area (Å²) in [6, 6.07) is -1.20. The number of esters is 1. The minimum Gasteiger partial charge on any atom is -0.464 e. The van der Waals surface area contributed by atoms with Crippen molar-refractivity contribution in [1.29, 1.82) is 0 Å². The molecule has 0 fully saturated rings. The fraction of sp³-hybridized carbons (Fsp3) is 0.818. The molecule has 2 N–H and O–H groups in total. The number of rotatable bonds is 6. The Morgan fingerprint density at radius 1 is 1.30 bits per heavy atom. The molecule has 0 saturated heterocycles. The fourth-order valence-corrected chi connectivity index (χ4v) is 1.74. The molecule has 0 aromatic rings. The summed E-state index contributed by atoms with van der Waals surface area (Å²) in [6.45, 7) is 6.58. The van der Waals surface area contributed by atoms with Crippen molar-refractivity contribution in [3.8, 4) is 0 Å². The van der Waals surface area contributed by atoms with E-state index in [1.54, 1.807) is 27.7 Å². The van der Waals surface area contributed by atoms with Crippen LogP contribution in [0.5, 0.6) is 0 Å². The van der Waals surface area contributed by atoms with Gasteiger partial charge in [-0.05, 0) is 34.1 Å². The third-order valence-corrected chi connectivity index (χ3v) is 2.68. The molecule has 0 rings (SSSR count). The second-order valence-corrected chi connectivity index (χ2v) is 6.60. The molecule has 1 atom stereocenters. The summed E-state index contributed by atoms with van der Waals surface area (Å²) in [5.74, 6) is -1.46. The zero-order valence-electron chi connectivity index (χ0n) is 12.0. The first kappa shape index (κ1) is 18.7. The molecule has 0 aliphatic rings. The number of nitrogens with one attached hydrogen (secondary N) is 1. The summed E-state index contributed by atoms with van der Waals surface area (Å²) in [7, 11) is -4.24. The lowest BCUT2D eigenvalue weighted by molar-refractivity contribution is -0.145. The molecule has 0 saturated carbocycles. The number of hydrogen-bond donors (Lipinski definition) is 2. The average molecular weight is 311 g/mol. The van der Waals surface area contributed by atoms with E-state index in [0.29, 0.717) is 0 Å². The standard InChI is InChI=1S/C11H21NO7S/c1-5-18-9(13)8(6-7-20(15,16)17)12-10(14)19-11(2,3)4/h8H,5-7H2,1-4H3,(H,12,14)(H,15,16,17). The van der Waals surface area contributed by atoms with Gasteiger partial charge in [0.2, 0.25) is 0 Å². The van der Waals surface area contributed by atoms with Gasteiger partial charge >= 0.3 is 12.1 Å². The highest BCUT2D eigenvalue weighted by Gasteiger charge is 2.26. The van der Waals surface area contributed by atoms with Crippen LogP contribution in [-0.4, -0.2) is 49.0 Å². The second kappa shape index (κ2) is 7.44. The number of amides is 1. The SMILES string of the molecule is CCOC(=O)C(CCS(=O)(=O)O)NC(=O)OC(C)(C)C. The molecule has 0 spiro atoms. The van der Waals surface area contributed by atoms with Crippen molar-refractivity contribution in [2.45, 2.75) is 45.8 Å². The molecular formula is C11H21NO7S. The molecule has 0 aliphatic heterocycles. The van der Waals surface area contributed by atoms with Gasteiger partial charge in [0.15, 0.2) is 0 Å². The van der Waals surface area contributed by atoms with Gasteiger partial charge in [0.05, 0.1) is 12.4 Å². The largest absolute Gasteiger partial charge is 0.464 e. The average Bonchev–Trinajstić information content (AvgIpc) is 2.20. The maximum atomic E-state index is 11.6. The molecule has 8 nitrogen and oxygen atoms in total. The number of alkyl carbamates (subject to hydrolysis) is 1. The Kier molecular flexibility index (Phi) is 6.94. The van der Waals surface area contributed by atoms with Crippen LogP contribution in [0.1, 0.15) is 34.1 Å². The van der Waals surface area contributed by atoms with Gasteiger partial charge < -0.3 is 14.8 Å². The maximum absolute atomic E-state index is 11.6. The van der Waals surface area contributed by atoms with Gasteiger partial charge in [-0.3, -0.25) is 4.55 Å². The van der Waals surface area contributed by atoms with E-state index in [1.807, 2.05) is 0 Å². The number of hydrogen-bond acceptors (Lipinski definition) is 6. The van der Waals surface area contributed by atoms with Crippen molar-refractivity contribution >= 4 is 22.2 Å². The fourth-order valence-electron chi connectivity index (χ4n) is 1.21. The summed E-state index contributed by atoms with van der Waals surface area (Å²) >= 11 is 0. The van der Waals surface area contributed by atoms with E-state index < -0.39 is 39.6 Å². The highest BCUT2D eigenvalue weighted by atomic mass is 32.2. The first-order valence-electron chi connectivity index (χ1n) is 6.06. The summed E-state index contributed by atoms with van der Waals surface area (Å²) in [6.07, 6.45) is -1.18. The van der Waals surface area contributed by atoms with E-state index in [1.165, 1.54) is 0 Å². The van der Waals surface area contributed by atoms with Crippen LogP contribution in [0.4, 0.5) is 4.79 Å². The molecule has 0 aromatic carbocycles. The van der Waals surface area contributed by atoms with Gasteiger partial charge in [-0.1, -0.05) is 0 Å². The van der Waals surface area contributed by atoms with E-state index in [-0.39, 0.29) is 13.0 Å². The number of ether oxygens (including phenoxy) is 2. The highest BCUT2D eigenvalue weighted by molar-refractivity contribution is 7.85. The summed E-state index contributed by atoms with van der Waals surface area (Å²) in [5.41, 5.74) is -0.758. The predicted molar refractivity (Wildman–Crippen MR) is 70.8 cm³/mol. The van der Waals surface area contributed by atoms with Gasteiger partial charge in [0, 0.05) is 0 Å². The van der Waals surface area contributed by atoms with Crippen LogP contribution in [0.25, 0.3) is 0 Å². The molecular weight excluding hydrogens is 290 g/mol. The van der Waals surface area contributed by atoms with Crippen LogP contribution in [-0.2, 0) is 24.4 Å². The quantitative estimate of drug-likeness (QED) is 0.548. The topological polar surface area (TPSA) is 119 Å². The third kappa shape index (κ3) is 9.56. The smallest absolute Gasteiger partial charge is 0.408 e. The molecule has 20 heavy (non-hydrogen) atoms. The first-order chi connectivity index (χ1) is 8.94. The molecule has 0 bridgehead atoms. The Morgan fingerprint density at radius 3 is 2.25 bits per heavy atom. The zero-order chi connectivity index (χ0) is 16.0. The molecule has 0 aliphatic carbocycles. The molecule has 0 heterocycles. The van der Waals surface area contributed by atoms with Crippen molar-refractivity contribution in [1.82, 2.24) is 5.32 Å². The van der Waals surface area contributed by atoms with Crippen LogP contribution in [0.2, 0.25) is 0 Å². The molecule has 118 valence electrons. The van der Waals surface area contributed by atoms with E-state index in [0.717, 1.165) is 0 Å². The highest BCUT2D eigenvalue weighted by Crippen LogP contribution is 2.08. The van der Waals surface area contributed by atoms with Crippen molar-refractivity contribution in [3.63, 3.8) is 0 Å². The van der Waals surface area contributed by atoms with Crippen LogP contribution in [0.3, 0.4) is 0 Å². The predicted octanol–water partition coefficient (Wildman–Crippen LogP) is 0.721. The van der Waals surface area contributed by atoms with Crippen molar-refractivity contribution in [2.24, 2.45) is 0 Å². The zero-order valence-corrected chi connectivity index (χ0v) is 12.8. The first-order valence-corrected chi connectivity index (χ1v) is 7.67. The Labute approximate surface area is 118 Å². The Bertz CT molecular complexity index is 438. The Morgan fingerprint density at radius 2 is 1.85 bits per heavy atom. The number of carbonyl (C=O) groups excluding carboxylic acids is 2. The van der Waals surface area contributed by atoms with Gasteiger partial charge in [-0.2, -0.15) is 8.42 Å². The monoisotopic (exact) mass is 311 g/mol. The van der Waals surface area contributed by atoms with Gasteiger partial charge in [0.25, 0.3) is 10.1 Å². The third-order valence-electron chi connectivity index (χ3n) is 1.93. The van der Waals surface area contributed by atoms with Crippen molar-refractivity contribution in [2.75, 3.05) is 12.4 Å². The van der Waals surface area contributed by atoms with Gasteiger partial charge in [-0.15, -0.1) is 0 Å².